The number of nitrogens with zero attached hydrogens (tertiary/aromatic N) is 2. The minimum absolute atomic E-state index is 0.430. The second-order valence-corrected chi connectivity index (χ2v) is 4.99. The van der Waals surface area contributed by atoms with Crippen LogP contribution in [0, 0.1) is 6.07 Å². The molecule has 0 atom stereocenters. The largest absolute Gasteiger partial charge is 0.304 e. The average molecular weight is 241 g/mol. The van der Waals surface area contributed by atoms with Gasteiger partial charge in [-0.2, -0.15) is 0 Å². The molecule has 1 aromatic heterocycles. The Morgan fingerprint density at radius 3 is 2.78 bits per heavy atom. The van der Waals surface area contributed by atoms with Crippen LogP contribution >= 0.6 is 0 Å². The van der Waals surface area contributed by atoms with Crippen molar-refractivity contribution in [1.29, 1.82) is 0 Å². The van der Waals surface area contributed by atoms with E-state index in [4.69, 9.17) is 0 Å². The van der Waals surface area contributed by atoms with Gasteiger partial charge in [-0.1, -0.05) is 33.3 Å². The average Bonchev–Trinajstić information content (AvgIpc) is 2.86. The highest BCUT2D eigenvalue weighted by Gasteiger charge is 2.08. The molecule has 0 saturated heterocycles. The van der Waals surface area contributed by atoms with Crippen molar-refractivity contribution in [3.63, 3.8) is 0 Å². The molecule has 2 heteroatoms. The summed E-state index contributed by atoms with van der Waals surface area (Å²) in [5.74, 6) is 1.53. The van der Waals surface area contributed by atoms with Gasteiger partial charge < -0.3 is 4.57 Å². The maximum absolute atomic E-state index is 4.41. The molecule has 0 bridgehead atoms. The first-order valence-corrected chi connectivity index (χ1v) is 6.76. The predicted molar refractivity (Wildman–Crippen MR) is 75.1 cm³/mol. The Hall–Kier alpha value is -1.57. The van der Waals surface area contributed by atoms with Crippen LogP contribution in [0.15, 0.2) is 30.6 Å². The lowest BCUT2D eigenvalue weighted by Gasteiger charge is -2.10. The molecule has 1 radical (unpaired) electrons. The number of aryl methyl sites for hydroxylation is 1. The van der Waals surface area contributed by atoms with Gasteiger partial charge in [-0.25, -0.2) is 4.98 Å². The van der Waals surface area contributed by atoms with Crippen LogP contribution in [0.3, 0.4) is 0 Å². The van der Waals surface area contributed by atoms with Crippen LogP contribution < -0.4 is 0 Å². The maximum Gasteiger partial charge on any atom is 0.115 e. The first-order chi connectivity index (χ1) is 8.72. The molecule has 0 aliphatic heterocycles. The monoisotopic (exact) mass is 241 g/mol. The summed E-state index contributed by atoms with van der Waals surface area (Å²) in [5, 5.41) is 0. The van der Waals surface area contributed by atoms with Crippen molar-refractivity contribution >= 4 is 0 Å². The van der Waals surface area contributed by atoms with Crippen molar-refractivity contribution in [3.8, 4) is 5.69 Å². The summed E-state index contributed by atoms with van der Waals surface area (Å²) in [7, 11) is 0. The van der Waals surface area contributed by atoms with E-state index in [1.807, 2.05) is 12.4 Å². The van der Waals surface area contributed by atoms with Gasteiger partial charge in [0.15, 0.2) is 0 Å². The summed E-state index contributed by atoms with van der Waals surface area (Å²) in [6.45, 7) is 6.55. The summed E-state index contributed by atoms with van der Waals surface area (Å²) < 4.78 is 2.14. The van der Waals surface area contributed by atoms with E-state index in [0.29, 0.717) is 5.92 Å². The quantitative estimate of drug-likeness (QED) is 0.769. The minimum Gasteiger partial charge on any atom is -0.304 e. The van der Waals surface area contributed by atoms with E-state index in [0.717, 1.165) is 17.9 Å². The van der Waals surface area contributed by atoms with Crippen LogP contribution in [0.25, 0.3) is 5.69 Å². The zero-order valence-electron chi connectivity index (χ0n) is 11.5. The van der Waals surface area contributed by atoms with Gasteiger partial charge in [0.05, 0.1) is 0 Å². The van der Waals surface area contributed by atoms with Gasteiger partial charge in [0.1, 0.15) is 5.82 Å². The third-order valence-corrected chi connectivity index (χ3v) is 3.12. The van der Waals surface area contributed by atoms with Crippen molar-refractivity contribution in [2.45, 2.75) is 46.0 Å². The first-order valence-electron chi connectivity index (χ1n) is 6.76. The van der Waals surface area contributed by atoms with Crippen molar-refractivity contribution < 1.29 is 0 Å². The number of aromatic nitrogens is 2. The lowest BCUT2D eigenvalue weighted by Crippen LogP contribution is -2.02. The lowest BCUT2D eigenvalue weighted by molar-refractivity contribution is 0.751. The normalized spacial score (nSPS) is 11.1. The number of hydrogen-bond acceptors (Lipinski definition) is 1. The second kappa shape index (κ2) is 5.85. The van der Waals surface area contributed by atoms with Gasteiger partial charge in [0.25, 0.3) is 0 Å². The molecule has 1 heterocycles. The van der Waals surface area contributed by atoms with Crippen LogP contribution in [-0.2, 0) is 6.42 Å². The van der Waals surface area contributed by atoms with Gasteiger partial charge in [-0.3, -0.25) is 0 Å². The fraction of sp³-hybridized carbons (Fsp3) is 0.438. The molecule has 0 saturated carbocycles. The van der Waals surface area contributed by atoms with E-state index in [9.17, 15) is 0 Å². The Morgan fingerprint density at radius 1 is 1.33 bits per heavy atom. The molecule has 2 rings (SSSR count). The summed E-state index contributed by atoms with van der Waals surface area (Å²) in [4.78, 5) is 4.41. The second-order valence-electron chi connectivity index (χ2n) is 4.99. The Morgan fingerprint density at radius 2 is 2.17 bits per heavy atom. The number of unbranched alkanes of at least 4 members (excludes halogenated alkanes) is 1. The molecule has 95 valence electrons. The van der Waals surface area contributed by atoms with Crippen LogP contribution in [0.4, 0.5) is 0 Å². The molecular weight excluding hydrogens is 220 g/mol. The Labute approximate surface area is 110 Å². The molecular formula is C16H21N2. The van der Waals surface area contributed by atoms with Crippen molar-refractivity contribution in [1.82, 2.24) is 9.55 Å². The summed E-state index contributed by atoms with van der Waals surface area (Å²) >= 11 is 0. The Kier molecular flexibility index (Phi) is 4.19. The van der Waals surface area contributed by atoms with Crippen LogP contribution in [0.1, 0.15) is 50.9 Å². The van der Waals surface area contributed by atoms with Crippen molar-refractivity contribution in [2.75, 3.05) is 0 Å². The number of hydrogen-bond donors (Lipinski definition) is 0. The summed E-state index contributed by atoms with van der Waals surface area (Å²) in [6.07, 6.45) is 7.47. The third-order valence-electron chi connectivity index (χ3n) is 3.12. The number of benzene rings is 1. The predicted octanol–water partition coefficient (Wildman–Crippen LogP) is 4.14. The molecule has 0 unspecified atom stereocenters. The van der Waals surface area contributed by atoms with Crippen LogP contribution in [0.2, 0.25) is 0 Å². The topological polar surface area (TPSA) is 17.8 Å². The fourth-order valence-electron chi connectivity index (χ4n) is 2.08. The molecule has 0 fully saturated rings. The van der Waals surface area contributed by atoms with E-state index in [-0.39, 0.29) is 0 Å². The Bertz CT molecular complexity index is 480. The van der Waals surface area contributed by atoms with Crippen LogP contribution in [-0.4, -0.2) is 9.55 Å². The smallest absolute Gasteiger partial charge is 0.115 e. The Balaban J connectivity index is 2.21. The van der Waals surface area contributed by atoms with Crippen molar-refractivity contribution in [3.05, 3.63) is 48.0 Å². The molecule has 2 aromatic rings. The van der Waals surface area contributed by atoms with Crippen LogP contribution in [0.5, 0.6) is 0 Å². The zero-order chi connectivity index (χ0) is 13.0. The maximum atomic E-state index is 4.41. The molecule has 1 aromatic carbocycles. The molecule has 0 amide bonds. The molecule has 0 N–H and O–H groups in total. The molecule has 2 nitrogen and oxygen atoms in total. The highest BCUT2D eigenvalue weighted by Crippen LogP contribution is 2.18. The van der Waals surface area contributed by atoms with E-state index in [2.05, 4.69) is 54.6 Å². The summed E-state index contributed by atoms with van der Waals surface area (Å²) in [6, 6.07) is 9.78. The van der Waals surface area contributed by atoms with Gasteiger partial charge in [0.2, 0.25) is 0 Å². The number of rotatable bonds is 5. The zero-order valence-corrected chi connectivity index (χ0v) is 11.5. The molecule has 0 aliphatic carbocycles. The number of imidazole rings is 1. The highest BCUT2D eigenvalue weighted by atomic mass is 15.1. The standard InChI is InChI=1S/C16H21N2/c1-4-5-6-14-7-9-15(10-8-14)18-12-11-17-16(18)13(2)3/h7,9-13H,4-6H2,1-3H3. The minimum atomic E-state index is 0.430. The van der Waals surface area contributed by atoms with Gasteiger partial charge in [-0.05, 0) is 36.6 Å². The van der Waals surface area contributed by atoms with E-state index in [1.165, 1.54) is 18.4 Å². The molecule has 0 spiro atoms. The van der Waals surface area contributed by atoms with E-state index >= 15 is 0 Å². The fourth-order valence-corrected chi connectivity index (χ4v) is 2.08. The first kappa shape index (κ1) is 12.9. The molecule has 18 heavy (non-hydrogen) atoms. The SMILES string of the molecule is CCCCc1[c]cc(-n2ccnc2C(C)C)cc1. The third kappa shape index (κ3) is 2.81. The highest BCUT2D eigenvalue weighted by molar-refractivity contribution is 5.35. The summed E-state index contributed by atoms with van der Waals surface area (Å²) in [5.41, 5.74) is 2.45. The lowest BCUT2D eigenvalue weighted by atomic mass is 10.1. The van der Waals surface area contributed by atoms with E-state index < -0.39 is 0 Å². The molecule has 0 aliphatic rings. The van der Waals surface area contributed by atoms with Crippen molar-refractivity contribution in [2.24, 2.45) is 0 Å². The van der Waals surface area contributed by atoms with Gasteiger partial charge in [0, 0.05) is 24.0 Å². The van der Waals surface area contributed by atoms with Gasteiger partial charge >= 0.3 is 0 Å². The van der Waals surface area contributed by atoms with E-state index in [1.54, 1.807) is 0 Å². The van der Waals surface area contributed by atoms with Gasteiger partial charge in [-0.15, -0.1) is 0 Å².